The van der Waals surface area contributed by atoms with Crippen LogP contribution in [0.15, 0.2) is 0 Å². The Morgan fingerprint density at radius 3 is 2.64 bits per heavy atom. The van der Waals surface area contributed by atoms with E-state index in [4.69, 9.17) is 25.2 Å². The molecule has 65 valence electrons. The van der Waals surface area contributed by atoms with Crippen molar-refractivity contribution in [2.75, 3.05) is 13.2 Å². The average molecular weight is 163 g/mol. The summed E-state index contributed by atoms with van der Waals surface area (Å²) in [6.07, 6.45) is -3.68. The van der Waals surface area contributed by atoms with Crippen LogP contribution in [0.2, 0.25) is 0 Å². The fourth-order valence-corrected chi connectivity index (χ4v) is 0.925. The van der Waals surface area contributed by atoms with Crippen molar-refractivity contribution in [1.29, 1.82) is 0 Å². The summed E-state index contributed by atoms with van der Waals surface area (Å²) in [5.74, 6) is 0. The van der Waals surface area contributed by atoms with Crippen LogP contribution in [0.1, 0.15) is 0 Å². The van der Waals surface area contributed by atoms with Gasteiger partial charge in [0.2, 0.25) is 0 Å². The summed E-state index contributed by atoms with van der Waals surface area (Å²) in [7, 11) is 0. The predicted molar refractivity (Wildman–Crippen MR) is 34.0 cm³/mol. The molecule has 1 radical (unpaired) electrons. The first-order chi connectivity index (χ1) is 5.16. The molecule has 4 N–H and O–H groups in total. The molecule has 5 heteroatoms. The summed E-state index contributed by atoms with van der Waals surface area (Å²) in [4.78, 5) is 0. The van der Waals surface area contributed by atoms with Crippen molar-refractivity contribution in [2.45, 2.75) is 18.3 Å². The molecule has 1 fully saturated rings. The molecule has 0 bridgehead atoms. The van der Waals surface area contributed by atoms with Gasteiger partial charge in [0.25, 0.3) is 0 Å². The van der Waals surface area contributed by atoms with Gasteiger partial charge in [-0.25, -0.2) is 0 Å². The molecule has 1 aliphatic rings. The van der Waals surface area contributed by atoms with Crippen molar-refractivity contribution >= 4 is 0 Å². The Balaban J connectivity index is 2.52. The van der Waals surface area contributed by atoms with E-state index in [1.807, 2.05) is 0 Å². The van der Waals surface area contributed by atoms with E-state index in [1.165, 1.54) is 0 Å². The lowest BCUT2D eigenvalue weighted by Gasteiger charge is -2.33. The highest BCUT2D eigenvalue weighted by atomic mass is 16.5. The fourth-order valence-electron chi connectivity index (χ4n) is 0.925. The van der Waals surface area contributed by atoms with Crippen LogP contribution in [0.25, 0.3) is 0 Å². The van der Waals surface area contributed by atoms with Crippen LogP contribution in [0.3, 0.4) is 0 Å². The number of rotatable bonds is 1. The Hall–Kier alpha value is -0.200. The van der Waals surface area contributed by atoms with E-state index in [2.05, 4.69) is 0 Å². The van der Waals surface area contributed by atoms with Crippen LogP contribution in [0, 0.1) is 6.10 Å². The summed E-state index contributed by atoms with van der Waals surface area (Å²) in [6, 6.07) is 0. The van der Waals surface area contributed by atoms with Gasteiger partial charge in [-0.05, 0) is 0 Å². The van der Waals surface area contributed by atoms with Crippen molar-refractivity contribution in [3.8, 4) is 0 Å². The van der Waals surface area contributed by atoms with Gasteiger partial charge in [-0.3, -0.25) is 0 Å². The monoisotopic (exact) mass is 163 g/mol. The summed E-state index contributed by atoms with van der Waals surface area (Å²) in [5.41, 5.74) is 0. The van der Waals surface area contributed by atoms with Crippen molar-refractivity contribution in [3.63, 3.8) is 0 Å². The second kappa shape index (κ2) is 3.46. The molecule has 5 nitrogen and oxygen atoms in total. The molecule has 3 atom stereocenters. The second-order valence-corrected chi connectivity index (χ2v) is 2.44. The fraction of sp³-hybridized carbons (Fsp3) is 0.833. The van der Waals surface area contributed by atoms with Crippen molar-refractivity contribution < 1.29 is 25.2 Å². The first kappa shape index (κ1) is 8.89. The molecule has 0 saturated carbocycles. The maximum Gasteiger partial charge on any atom is 0.155 e. The van der Waals surface area contributed by atoms with Crippen LogP contribution < -0.4 is 0 Å². The Bertz CT molecular complexity index is 126. The molecule has 1 saturated heterocycles. The molecule has 0 spiro atoms. The highest BCUT2D eigenvalue weighted by Gasteiger charge is 2.37. The molecular weight excluding hydrogens is 152 g/mol. The minimum atomic E-state index is -1.30. The Morgan fingerprint density at radius 1 is 1.45 bits per heavy atom. The Labute approximate surface area is 63.8 Å². The van der Waals surface area contributed by atoms with Crippen LogP contribution in [-0.2, 0) is 4.74 Å². The second-order valence-electron chi connectivity index (χ2n) is 2.44. The van der Waals surface area contributed by atoms with E-state index in [9.17, 15) is 0 Å². The van der Waals surface area contributed by atoms with Gasteiger partial charge in [0.15, 0.2) is 6.10 Å². The molecule has 1 aliphatic heterocycles. The zero-order valence-corrected chi connectivity index (χ0v) is 5.84. The predicted octanol–water partition coefficient (Wildman–Crippen LogP) is -2.00. The van der Waals surface area contributed by atoms with E-state index >= 15 is 0 Å². The number of aliphatic hydroxyl groups excluding tert-OH is 4. The first-order valence-corrected chi connectivity index (χ1v) is 3.31. The standard InChI is InChI=1S/C6H11O5/c7-1-4-6(10)5(9)3(8)2-11-4/h3-5,7-10H,1-2H2/t3-,4+,5+/m0/s1. The average Bonchev–Trinajstić information content (AvgIpc) is 2.01. The molecule has 0 unspecified atom stereocenters. The smallest absolute Gasteiger partial charge is 0.155 e. The Kier molecular flexibility index (Phi) is 2.80. The van der Waals surface area contributed by atoms with Crippen molar-refractivity contribution in [3.05, 3.63) is 6.10 Å². The van der Waals surface area contributed by atoms with Crippen LogP contribution >= 0.6 is 0 Å². The Morgan fingerprint density at radius 2 is 2.09 bits per heavy atom. The van der Waals surface area contributed by atoms with E-state index in [0.717, 1.165) is 0 Å². The summed E-state index contributed by atoms with van der Waals surface area (Å²) in [6.45, 7) is -0.466. The summed E-state index contributed by atoms with van der Waals surface area (Å²) < 4.78 is 4.78. The van der Waals surface area contributed by atoms with Gasteiger partial charge >= 0.3 is 0 Å². The SMILES string of the molecule is OC[C@H]1OC[C@H](O)[C@@H](O)[C]1O. The van der Waals surface area contributed by atoms with Gasteiger partial charge in [-0.1, -0.05) is 0 Å². The maximum absolute atomic E-state index is 9.03. The third-order valence-electron chi connectivity index (χ3n) is 1.63. The van der Waals surface area contributed by atoms with E-state index < -0.39 is 31.0 Å². The third kappa shape index (κ3) is 1.69. The lowest BCUT2D eigenvalue weighted by Crippen LogP contribution is -2.49. The van der Waals surface area contributed by atoms with Crippen LogP contribution in [0.5, 0.6) is 0 Å². The first-order valence-electron chi connectivity index (χ1n) is 3.31. The molecule has 0 aromatic rings. The lowest BCUT2D eigenvalue weighted by molar-refractivity contribution is -0.150. The summed E-state index contributed by atoms with van der Waals surface area (Å²) in [5, 5.41) is 35.5. The van der Waals surface area contributed by atoms with E-state index in [1.54, 1.807) is 0 Å². The normalized spacial score (nSPS) is 40.9. The largest absolute Gasteiger partial charge is 0.394 e. The molecule has 0 aliphatic carbocycles. The highest BCUT2D eigenvalue weighted by molar-refractivity contribution is 5.00. The molecular formula is C6H11O5. The van der Waals surface area contributed by atoms with Gasteiger partial charge in [-0.2, -0.15) is 0 Å². The van der Waals surface area contributed by atoms with E-state index in [0.29, 0.717) is 0 Å². The number of hydrogen-bond donors (Lipinski definition) is 4. The zero-order chi connectivity index (χ0) is 8.43. The van der Waals surface area contributed by atoms with Crippen molar-refractivity contribution in [2.24, 2.45) is 0 Å². The molecule has 0 amide bonds. The summed E-state index contributed by atoms with van der Waals surface area (Å²) >= 11 is 0. The highest BCUT2D eigenvalue weighted by Crippen LogP contribution is 2.20. The van der Waals surface area contributed by atoms with Crippen LogP contribution in [-0.4, -0.2) is 52.0 Å². The molecule has 11 heavy (non-hydrogen) atoms. The molecule has 0 aromatic carbocycles. The number of hydrogen-bond acceptors (Lipinski definition) is 5. The quantitative estimate of drug-likeness (QED) is 0.359. The van der Waals surface area contributed by atoms with Gasteiger partial charge in [0, 0.05) is 0 Å². The molecule has 0 aromatic heterocycles. The minimum absolute atomic E-state index is 0.0730. The third-order valence-corrected chi connectivity index (χ3v) is 1.63. The van der Waals surface area contributed by atoms with Gasteiger partial charge in [0.1, 0.15) is 18.3 Å². The zero-order valence-electron chi connectivity index (χ0n) is 5.84. The minimum Gasteiger partial charge on any atom is -0.394 e. The van der Waals surface area contributed by atoms with Gasteiger partial charge < -0.3 is 25.2 Å². The van der Waals surface area contributed by atoms with Gasteiger partial charge in [0.05, 0.1) is 13.2 Å². The van der Waals surface area contributed by atoms with E-state index in [-0.39, 0.29) is 6.61 Å². The van der Waals surface area contributed by atoms with Crippen molar-refractivity contribution in [1.82, 2.24) is 0 Å². The maximum atomic E-state index is 9.03. The molecule has 1 rings (SSSR count). The van der Waals surface area contributed by atoms with Gasteiger partial charge in [-0.15, -0.1) is 0 Å². The molecule has 1 heterocycles. The number of ether oxygens (including phenoxy) is 1. The number of aliphatic hydroxyl groups is 4. The topological polar surface area (TPSA) is 90.2 Å². The van der Waals surface area contributed by atoms with Crippen LogP contribution in [0.4, 0.5) is 0 Å². The lowest BCUT2D eigenvalue weighted by atomic mass is 10.0.